The molecule has 1 aromatic carbocycles. The van der Waals surface area contributed by atoms with Crippen LogP contribution in [0.4, 0.5) is 0 Å². The molecule has 0 aliphatic carbocycles. The van der Waals surface area contributed by atoms with E-state index in [2.05, 4.69) is 45.4 Å². The van der Waals surface area contributed by atoms with E-state index < -0.39 is 0 Å². The average Bonchev–Trinajstić information content (AvgIpc) is 2.88. The van der Waals surface area contributed by atoms with E-state index in [9.17, 15) is 0 Å². The van der Waals surface area contributed by atoms with Crippen LogP contribution in [-0.4, -0.2) is 21.5 Å². The SMILES string of the molecule is CCCn1nncc1C(NCC)c1cccc(Br)c1Cl. The largest absolute Gasteiger partial charge is 0.305 e. The van der Waals surface area contributed by atoms with Gasteiger partial charge in [-0.05, 0) is 40.5 Å². The number of nitrogens with one attached hydrogen (secondary N) is 1. The Morgan fingerprint density at radius 1 is 1.40 bits per heavy atom. The maximum absolute atomic E-state index is 6.43. The fourth-order valence-electron chi connectivity index (χ4n) is 2.20. The second-order valence-corrected chi connectivity index (χ2v) is 5.75. The van der Waals surface area contributed by atoms with Crippen molar-refractivity contribution in [1.82, 2.24) is 20.3 Å². The summed E-state index contributed by atoms with van der Waals surface area (Å²) in [4.78, 5) is 0. The molecule has 2 aromatic rings. The van der Waals surface area contributed by atoms with Crippen LogP contribution in [0.25, 0.3) is 0 Å². The zero-order chi connectivity index (χ0) is 14.5. The van der Waals surface area contributed by atoms with Crippen LogP contribution in [-0.2, 0) is 6.54 Å². The third-order valence-electron chi connectivity index (χ3n) is 3.08. The third-order valence-corrected chi connectivity index (χ3v) is 4.39. The van der Waals surface area contributed by atoms with Gasteiger partial charge < -0.3 is 5.32 Å². The quantitative estimate of drug-likeness (QED) is 0.855. The first-order valence-electron chi connectivity index (χ1n) is 6.74. The number of hydrogen-bond donors (Lipinski definition) is 1. The van der Waals surface area contributed by atoms with Crippen LogP contribution in [0.3, 0.4) is 0 Å². The van der Waals surface area contributed by atoms with E-state index in [1.165, 1.54) is 0 Å². The summed E-state index contributed by atoms with van der Waals surface area (Å²) >= 11 is 9.91. The average molecular weight is 358 g/mol. The Morgan fingerprint density at radius 2 is 2.20 bits per heavy atom. The lowest BCUT2D eigenvalue weighted by atomic mass is 10.0. The molecule has 0 radical (unpaired) electrons. The molecular weight excluding hydrogens is 340 g/mol. The van der Waals surface area contributed by atoms with Gasteiger partial charge in [-0.15, -0.1) is 5.10 Å². The standard InChI is InChI=1S/C14H18BrClN4/c1-3-8-20-12(9-18-19-20)14(17-4-2)10-6-5-7-11(15)13(10)16/h5-7,9,14,17H,3-4,8H2,1-2H3. The highest BCUT2D eigenvalue weighted by Crippen LogP contribution is 2.33. The molecule has 1 aromatic heterocycles. The molecule has 0 bridgehead atoms. The van der Waals surface area contributed by atoms with Gasteiger partial charge in [0.15, 0.2) is 0 Å². The number of rotatable bonds is 6. The summed E-state index contributed by atoms with van der Waals surface area (Å²) in [7, 11) is 0. The number of hydrogen-bond acceptors (Lipinski definition) is 3. The molecule has 0 saturated carbocycles. The van der Waals surface area contributed by atoms with Crippen LogP contribution >= 0.6 is 27.5 Å². The van der Waals surface area contributed by atoms with Gasteiger partial charge in [0.2, 0.25) is 0 Å². The summed E-state index contributed by atoms with van der Waals surface area (Å²) in [5, 5.41) is 12.4. The minimum atomic E-state index is -0.00782. The van der Waals surface area contributed by atoms with Crippen molar-refractivity contribution in [2.45, 2.75) is 32.9 Å². The first kappa shape index (κ1) is 15.5. The van der Waals surface area contributed by atoms with Crippen LogP contribution in [0.15, 0.2) is 28.9 Å². The predicted molar refractivity (Wildman–Crippen MR) is 85.0 cm³/mol. The lowest BCUT2D eigenvalue weighted by Crippen LogP contribution is -2.25. The molecule has 20 heavy (non-hydrogen) atoms. The number of aryl methyl sites for hydroxylation is 1. The molecule has 1 N–H and O–H groups in total. The first-order chi connectivity index (χ1) is 9.69. The summed E-state index contributed by atoms with van der Waals surface area (Å²) in [6.45, 7) is 5.89. The van der Waals surface area contributed by atoms with E-state index in [1.54, 1.807) is 6.20 Å². The molecule has 0 aliphatic rings. The Bertz CT molecular complexity index is 570. The highest BCUT2D eigenvalue weighted by Gasteiger charge is 2.21. The van der Waals surface area contributed by atoms with Crippen molar-refractivity contribution in [3.05, 3.63) is 45.1 Å². The number of halogens is 2. The van der Waals surface area contributed by atoms with E-state index in [-0.39, 0.29) is 6.04 Å². The van der Waals surface area contributed by atoms with Gasteiger partial charge in [0.05, 0.1) is 23.0 Å². The van der Waals surface area contributed by atoms with Crippen LogP contribution < -0.4 is 5.32 Å². The van der Waals surface area contributed by atoms with Crippen LogP contribution in [0.1, 0.15) is 37.6 Å². The normalized spacial score (nSPS) is 12.6. The molecule has 0 spiro atoms. The van der Waals surface area contributed by atoms with E-state index in [4.69, 9.17) is 11.6 Å². The maximum atomic E-state index is 6.43. The topological polar surface area (TPSA) is 42.7 Å². The fraction of sp³-hybridized carbons (Fsp3) is 0.429. The summed E-state index contributed by atoms with van der Waals surface area (Å²) in [5.74, 6) is 0. The summed E-state index contributed by atoms with van der Waals surface area (Å²) in [5.41, 5.74) is 2.07. The monoisotopic (exact) mass is 356 g/mol. The van der Waals surface area contributed by atoms with Gasteiger partial charge in [0, 0.05) is 11.0 Å². The molecule has 0 amide bonds. The maximum Gasteiger partial charge on any atom is 0.0802 e. The number of benzene rings is 1. The van der Waals surface area contributed by atoms with Crippen LogP contribution in [0.5, 0.6) is 0 Å². The Balaban J connectivity index is 2.45. The molecule has 0 fully saturated rings. The Hall–Kier alpha value is -0.910. The predicted octanol–water partition coefficient (Wildman–Crippen LogP) is 3.80. The van der Waals surface area contributed by atoms with Gasteiger partial charge in [0.1, 0.15) is 0 Å². The van der Waals surface area contributed by atoms with Crippen molar-refractivity contribution in [3.8, 4) is 0 Å². The van der Waals surface area contributed by atoms with E-state index in [1.807, 2.05) is 22.9 Å². The van der Waals surface area contributed by atoms with Gasteiger partial charge in [-0.25, -0.2) is 4.68 Å². The molecule has 1 unspecified atom stereocenters. The third kappa shape index (κ3) is 3.22. The van der Waals surface area contributed by atoms with Crippen LogP contribution in [0.2, 0.25) is 5.02 Å². The summed E-state index contributed by atoms with van der Waals surface area (Å²) in [6, 6.07) is 5.95. The molecule has 0 aliphatic heterocycles. The smallest absolute Gasteiger partial charge is 0.0802 e. The zero-order valence-corrected chi connectivity index (χ0v) is 13.9. The Labute approximate surface area is 132 Å². The van der Waals surface area contributed by atoms with Crippen molar-refractivity contribution in [1.29, 1.82) is 0 Å². The summed E-state index contributed by atoms with van der Waals surface area (Å²) < 4.78 is 2.83. The fourth-order valence-corrected chi connectivity index (χ4v) is 2.81. The van der Waals surface area contributed by atoms with Crippen molar-refractivity contribution >= 4 is 27.5 Å². The number of nitrogens with zero attached hydrogens (tertiary/aromatic N) is 3. The van der Waals surface area contributed by atoms with Crippen LogP contribution in [0, 0.1) is 0 Å². The Morgan fingerprint density at radius 3 is 2.90 bits per heavy atom. The second-order valence-electron chi connectivity index (χ2n) is 4.52. The van der Waals surface area contributed by atoms with Gasteiger partial charge in [-0.1, -0.05) is 42.8 Å². The van der Waals surface area contributed by atoms with Crippen molar-refractivity contribution in [2.24, 2.45) is 0 Å². The van der Waals surface area contributed by atoms with E-state index >= 15 is 0 Å². The van der Waals surface area contributed by atoms with E-state index in [0.29, 0.717) is 0 Å². The van der Waals surface area contributed by atoms with Crippen molar-refractivity contribution in [3.63, 3.8) is 0 Å². The molecule has 6 heteroatoms. The van der Waals surface area contributed by atoms with Gasteiger partial charge >= 0.3 is 0 Å². The molecule has 1 atom stereocenters. The highest BCUT2D eigenvalue weighted by atomic mass is 79.9. The molecule has 0 saturated heterocycles. The Kier molecular flexibility index (Phi) is 5.57. The first-order valence-corrected chi connectivity index (χ1v) is 7.91. The van der Waals surface area contributed by atoms with Gasteiger partial charge in [-0.2, -0.15) is 0 Å². The number of aromatic nitrogens is 3. The molecular formula is C14H18BrClN4. The van der Waals surface area contributed by atoms with Gasteiger partial charge in [-0.3, -0.25) is 0 Å². The van der Waals surface area contributed by atoms with Gasteiger partial charge in [0.25, 0.3) is 0 Å². The molecule has 108 valence electrons. The zero-order valence-electron chi connectivity index (χ0n) is 11.6. The lowest BCUT2D eigenvalue weighted by Gasteiger charge is -2.20. The lowest BCUT2D eigenvalue weighted by molar-refractivity contribution is 0.511. The minimum Gasteiger partial charge on any atom is -0.305 e. The second kappa shape index (κ2) is 7.20. The minimum absolute atomic E-state index is 0.00782. The van der Waals surface area contributed by atoms with E-state index in [0.717, 1.165) is 40.3 Å². The van der Waals surface area contributed by atoms with Crippen molar-refractivity contribution < 1.29 is 0 Å². The highest BCUT2D eigenvalue weighted by molar-refractivity contribution is 9.10. The summed E-state index contributed by atoms with van der Waals surface area (Å²) in [6.07, 6.45) is 2.82. The molecule has 1 heterocycles. The molecule has 2 rings (SSSR count). The van der Waals surface area contributed by atoms with Crippen molar-refractivity contribution in [2.75, 3.05) is 6.54 Å². The molecule has 4 nitrogen and oxygen atoms in total.